The molecule has 59 heavy (non-hydrogen) atoms. The summed E-state index contributed by atoms with van der Waals surface area (Å²) in [6.45, 7) is 4.59. The lowest BCUT2D eigenvalue weighted by Gasteiger charge is -2.25. The molecule has 0 rings (SSSR count). The Kier molecular flexibility index (Phi) is 38.6. The Morgan fingerprint density at radius 3 is 1.56 bits per heavy atom. The van der Waals surface area contributed by atoms with Crippen LogP contribution in [0.3, 0.4) is 0 Å². The molecule has 336 valence electrons. The van der Waals surface area contributed by atoms with Crippen molar-refractivity contribution in [1.29, 1.82) is 0 Å². The number of hydrogen-bond donors (Lipinski definition) is 3. The van der Waals surface area contributed by atoms with E-state index in [2.05, 4.69) is 116 Å². The molecule has 0 aromatic carbocycles. The van der Waals surface area contributed by atoms with Gasteiger partial charge < -0.3 is 19.8 Å². The first-order valence-electron chi connectivity index (χ1n) is 22.8. The zero-order chi connectivity index (χ0) is 43.6. The third-order valence-corrected chi connectivity index (χ3v) is 10.2. The van der Waals surface area contributed by atoms with E-state index in [9.17, 15) is 19.4 Å². The minimum atomic E-state index is -4.37. The van der Waals surface area contributed by atoms with Gasteiger partial charge in [-0.05, 0) is 83.5 Å². The maximum atomic E-state index is 12.9. The second-order valence-corrected chi connectivity index (χ2v) is 17.5. The number of phosphoric acid groups is 1. The average Bonchev–Trinajstić information content (AvgIpc) is 3.19. The molecule has 0 radical (unpaired) electrons. The van der Waals surface area contributed by atoms with E-state index < -0.39 is 20.0 Å². The van der Waals surface area contributed by atoms with Crippen LogP contribution in [0.2, 0.25) is 0 Å². The summed E-state index contributed by atoms with van der Waals surface area (Å²) in [5.41, 5.74) is 0. The van der Waals surface area contributed by atoms with Crippen LogP contribution >= 0.6 is 7.82 Å². The van der Waals surface area contributed by atoms with E-state index in [1.165, 1.54) is 51.4 Å². The number of likely N-dealkylation sites (N-methyl/N-ethyl adjacent to an activating group) is 1. The largest absolute Gasteiger partial charge is 0.472 e. The van der Waals surface area contributed by atoms with Gasteiger partial charge in [0.25, 0.3) is 0 Å². The quantitative estimate of drug-likeness (QED) is 0.0246. The van der Waals surface area contributed by atoms with Crippen LogP contribution in [0.25, 0.3) is 0 Å². The Hall–Kier alpha value is -2.84. The molecule has 0 spiro atoms. The normalized spacial score (nSPS) is 15.3. The molecule has 0 aliphatic rings. The molecule has 0 aliphatic carbocycles. The van der Waals surface area contributed by atoms with E-state index in [4.69, 9.17) is 9.05 Å². The summed E-state index contributed by atoms with van der Waals surface area (Å²) < 4.78 is 23.5. The predicted molar refractivity (Wildman–Crippen MR) is 253 cm³/mol. The predicted octanol–water partition coefficient (Wildman–Crippen LogP) is 12.9. The van der Waals surface area contributed by atoms with Gasteiger partial charge in [-0.1, -0.05) is 168 Å². The number of hydrogen-bond acceptors (Lipinski definition) is 5. The van der Waals surface area contributed by atoms with E-state index in [1.807, 2.05) is 27.2 Å². The maximum Gasteiger partial charge on any atom is 0.472 e. The summed E-state index contributed by atoms with van der Waals surface area (Å²) in [5.74, 6) is -0.251. The Labute approximate surface area is 361 Å². The van der Waals surface area contributed by atoms with Gasteiger partial charge in [0, 0.05) is 6.42 Å². The van der Waals surface area contributed by atoms with E-state index >= 15 is 0 Å². The van der Waals surface area contributed by atoms with Crippen molar-refractivity contribution in [3.63, 3.8) is 0 Å². The molecule has 0 heterocycles. The van der Waals surface area contributed by atoms with Crippen molar-refractivity contribution in [2.75, 3.05) is 40.9 Å². The summed E-state index contributed by atoms with van der Waals surface area (Å²) in [6.07, 6.45) is 58.9. The van der Waals surface area contributed by atoms with Crippen molar-refractivity contribution in [1.82, 2.24) is 5.32 Å². The van der Waals surface area contributed by atoms with Gasteiger partial charge >= 0.3 is 7.82 Å². The number of carbonyl (C=O) groups excluding carboxylic acids is 1. The highest BCUT2D eigenvalue weighted by Crippen LogP contribution is 2.43. The fourth-order valence-corrected chi connectivity index (χ4v) is 6.37. The number of phosphoric ester groups is 1. The van der Waals surface area contributed by atoms with Gasteiger partial charge in [0.15, 0.2) is 0 Å². The number of rotatable bonds is 39. The summed E-state index contributed by atoms with van der Waals surface area (Å²) in [7, 11) is 1.49. The van der Waals surface area contributed by atoms with Crippen LogP contribution in [-0.2, 0) is 18.4 Å². The van der Waals surface area contributed by atoms with Crippen molar-refractivity contribution < 1.29 is 32.9 Å². The monoisotopic (exact) mass is 842 g/mol. The Bertz CT molecular complexity index is 1320. The van der Waals surface area contributed by atoms with Gasteiger partial charge in [0.1, 0.15) is 13.2 Å². The number of aliphatic hydroxyl groups excluding tert-OH is 1. The number of carbonyl (C=O) groups is 1. The minimum Gasteiger partial charge on any atom is -0.387 e. The molecule has 8 nitrogen and oxygen atoms in total. The van der Waals surface area contributed by atoms with Gasteiger partial charge in [-0.2, -0.15) is 0 Å². The molecule has 0 saturated heterocycles. The SMILES string of the molecule is CC/C=C\C/C=C\C/C=C\C/C=C\C/C=C\C/C=C\C/C=C\CCCC(=O)NC(COP(=O)(O)OCC[N+](C)(C)C)C(O)/C=C/CC/C=C/CCCCCCCCCC. The fourth-order valence-electron chi connectivity index (χ4n) is 5.63. The third kappa shape index (κ3) is 43.1. The second kappa shape index (κ2) is 40.6. The molecule has 0 fully saturated rings. The molecular weight excluding hydrogens is 756 g/mol. The molecule has 0 saturated carbocycles. The lowest BCUT2D eigenvalue weighted by atomic mass is 10.1. The van der Waals surface area contributed by atoms with Crippen molar-refractivity contribution >= 4 is 13.7 Å². The number of nitrogens with zero attached hydrogens (tertiary/aromatic N) is 1. The summed E-state index contributed by atoms with van der Waals surface area (Å²) in [4.78, 5) is 23.1. The first kappa shape index (κ1) is 56.2. The Morgan fingerprint density at radius 1 is 0.593 bits per heavy atom. The van der Waals surface area contributed by atoms with Crippen molar-refractivity contribution in [3.8, 4) is 0 Å². The fraction of sp³-hybridized carbons (Fsp3) is 0.620. The highest BCUT2D eigenvalue weighted by Gasteiger charge is 2.27. The maximum absolute atomic E-state index is 12.9. The van der Waals surface area contributed by atoms with E-state index in [0.717, 1.165) is 70.6 Å². The van der Waals surface area contributed by atoms with Crippen LogP contribution in [-0.4, -0.2) is 73.4 Å². The standard InChI is InChI=1S/C50H85N2O6P/c1-6-8-10-12-14-16-18-20-22-23-24-25-26-27-28-29-30-32-34-36-38-40-42-44-50(54)51-48(47-58-59(55,56)57-46-45-52(3,4)5)49(53)43-41-39-37-35-33-31-21-19-17-15-13-11-9-7-2/h8,10,14,16,20,22,24-25,27-28,30,32-33,35-36,38,41,43,48-49,53H,6-7,9,11-13,15,17-19,21,23,26,29,31,34,37,39-40,42,44-47H2,1-5H3,(H-,51,54,55,56)/p+1/b10-8-,16-14-,22-20-,25-24-,28-27-,32-30-,35-33+,38-36-,43-41+. The Balaban J connectivity index is 4.57. The van der Waals surface area contributed by atoms with Crippen LogP contribution in [0.4, 0.5) is 0 Å². The molecule has 0 aromatic rings. The van der Waals surface area contributed by atoms with Crippen LogP contribution in [0.1, 0.15) is 149 Å². The number of quaternary nitrogens is 1. The molecule has 3 N–H and O–H groups in total. The minimum absolute atomic E-state index is 0.0386. The highest BCUT2D eigenvalue weighted by molar-refractivity contribution is 7.47. The molecular formula is C50H86N2O6P+. The summed E-state index contributed by atoms with van der Waals surface area (Å²) >= 11 is 0. The highest BCUT2D eigenvalue weighted by atomic mass is 31.2. The van der Waals surface area contributed by atoms with Crippen LogP contribution < -0.4 is 5.32 Å². The molecule has 0 aliphatic heterocycles. The van der Waals surface area contributed by atoms with Crippen LogP contribution in [0, 0.1) is 0 Å². The zero-order valence-electron chi connectivity index (χ0n) is 37.9. The number of aliphatic hydroxyl groups is 1. The smallest absolute Gasteiger partial charge is 0.387 e. The first-order chi connectivity index (χ1) is 28.5. The Morgan fingerprint density at radius 2 is 1.03 bits per heavy atom. The number of nitrogens with one attached hydrogen (secondary N) is 1. The molecule has 0 aromatic heterocycles. The molecule has 1 amide bonds. The van der Waals surface area contributed by atoms with E-state index in [-0.39, 0.29) is 25.5 Å². The van der Waals surface area contributed by atoms with Gasteiger partial charge in [-0.25, -0.2) is 4.57 Å². The summed E-state index contributed by atoms with van der Waals surface area (Å²) in [6, 6.07) is -0.901. The van der Waals surface area contributed by atoms with Gasteiger partial charge in [-0.3, -0.25) is 13.8 Å². The summed E-state index contributed by atoms with van der Waals surface area (Å²) in [5, 5.41) is 13.8. The van der Waals surface area contributed by atoms with E-state index in [1.54, 1.807) is 6.08 Å². The first-order valence-corrected chi connectivity index (χ1v) is 24.3. The van der Waals surface area contributed by atoms with Crippen molar-refractivity contribution in [3.05, 3.63) is 109 Å². The lowest BCUT2D eigenvalue weighted by Crippen LogP contribution is -2.45. The topological polar surface area (TPSA) is 105 Å². The number of amides is 1. The van der Waals surface area contributed by atoms with Gasteiger partial charge in [-0.15, -0.1) is 0 Å². The lowest BCUT2D eigenvalue weighted by molar-refractivity contribution is -0.870. The average molecular weight is 842 g/mol. The zero-order valence-corrected chi connectivity index (χ0v) is 38.8. The van der Waals surface area contributed by atoms with Crippen LogP contribution in [0.5, 0.6) is 0 Å². The number of unbranched alkanes of at least 4 members (excludes halogenated alkanes) is 10. The van der Waals surface area contributed by atoms with Gasteiger partial charge in [0.2, 0.25) is 5.91 Å². The molecule has 0 bridgehead atoms. The van der Waals surface area contributed by atoms with Crippen molar-refractivity contribution in [2.45, 2.75) is 161 Å². The molecule has 3 atom stereocenters. The second-order valence-electron chi connectivity index (χ2n) is 16.0. The molecule has 9 heteroatoms. The molecule has 3 unspecified atom stereocenters. The van der Waals surface area contributed by atoms with E-state index in [0.29, 0.717) is 17.4 Å². The van der Waals surface area contributed by atoms with Crippen LogP contribution in [0.15, 0.2) is 109 Å². The third-order valence-electron chi connectivity index (χ3n) is 9.23. The number of allylic oxidation sites excluding steroid dienone is 17. The van der Waals surface area contributed by atoms with Gasteiger partial charge in [0.05, 0.1) is 39.9 Å². The van der Waals surface area contributed by atoms with Crippen molar-refractivity contribution in [2.24, 2.45) is 0 Å².